The van der Waals surface area contributed by atoms with Crippen molar-refractivity contribution in [2.24, 2.45) is 0 Å². The molecule has 142 valence electrons. The SMILES string of the molecule is COc1cccc(-c2nc3n(n2)C(c2ccc(C)o2)C2=C(CCCC2=O)N3)c1. The molecule has 0 bridgehead atoms. The molecule has 5 rings (SSSR count). The number of benzene rings is 1. The summed E-state index contributed by atoms with van der Waals surface area (Å²) in [5.41, 5.74) is 2.50. The van der Waals surface area contributed by atoms with Gasteiger partial charge in [0.15, 0.2) is 11.6 Å². The van der Waals surface area contributed by atoms with Gasteiger partial charge in [0, 0.05) is 23.3 Å². The lowest BCUT2D eigenvalue weighted by molar-refractivity contribution is -0.116. The van der Waals surface area contributed by atoms with E-state index in [1.807, 2.05) is 43.3 Å². The minimum Gasteiger partial charge on any atom is -0.497 e. The maximum Gasteiger partial charge on any atom is 0.227 e. The number of methoxy groups -OCH3 is 1. The first-order valence-corrected chi connectivity index (χ1v) is 9.34. The van der Waals surface area contributed by atoms with Crippen LogP contribution in [0, 0.1) is 6.92 Å². The fraction of sp³-hybridized carbons (Fsp3) is 0.286. The summed E-state index contributed by atoms with van der Waals surface area (Å²) < 4.78 is 13.0. The average molecular weight is 376 g/mol. The van der Waals surface area contributed by atoms with Crippen LogP contribution >= 0.6 is 0 Å². The van der Waals surface area contributed by atoms with Crippen molar-refractivity contribution in [3.63, 3.8) is 0 Å². The number of fused-ring (bicyclic) bond motifs is 1. The largest absolute Gasteiger partial charge is 0.497 e. The molecule has 1 aliphatic carbocycles. The maximum atomic E-state index is 12.8. The molecule has 1 unspecified atom stereocenters. The van der Waals surface area contributed by atoms with E-state index in [-0.39, 0.29) is 5.78 Å². The molecule has 0 saturated carbocycles. The lowest BCUT2D eigenvalue weighted by Gasteiger charge is -2.30. The molecule has 1 aromatic carbocycles. The van der Waals surface area contributed by atoms with Gasteiger partial charge in [-0.1, -0.05) is 12.1 Å². The van der Waals surface area contributed by atoms with Crippen LogP contribution in [0.5, 0.6) is 5.75 Å². The van der Waals surface area contributed by atoms with Crippen LogP contribution in [-0.4, -0.2) is 27.7 Å². The van der Waals surface area contributed by atoms with Gasteiger partial charge in [-0.3, -0.25) is 4.79 Å². The van der Waals surface area contributed by atoms with Gasteiger partial charge in [-0.25, -0.2) is 4.68 Å². The highest BCUT2D eigenvalue weighted by atomic mass is 16.5. The number of nitrogens with one attached hydrogen (secondary N) is 1. The highest BCUT2D eigenvalue weighted by molar-refractivity contribution is 5.99. The van der Waals surface area contributed by atoms with Crippen LogP contribution in [0.2, 0.25) is 0 Å². The predicted octanol–water partition coefficient (Wildman–Crippen LogP) is 3.88. The van der Waals surface area contributed by atoms with E-state index in [1.165, 1.54) is 0 Å². The zero-order valence-electron chi connectivity index (χ0n) is 15.7. The molecule has 3 aromatic rings. The lowest BCUT2D eigenvalue weighted by Crippen LogP contribution is -2.31. The third-order valence-electron chi connectivity index (χ3n) is 5.23. The van der Waals surface area contributed by atoms with E-state index in [0.717, 1.165) is 41.2 Å². The Morgan fingerprint density at radius 2 is 2.14 bits per heavy atom. The number of aromatic nitrogens is 3. The van der Waals surface area contributed by atoms with Crippen molar-refractivity contribution < 1.29 is 13.9 Å². The monoisotopic (exact) mass is 376 g/mol. The van der Waals surface area contributed by atoms with Crippen molar-refractivity contribution in [2.45, 2.75) is 32.2 Å². The van der Waals surface area contributed by atoms with E-state index in [4.69, 9.17) is 19.2 Å². The van der Waals surface area contributed by atoms with Crippen molar-refractivity contribution >= 4 is 11.7 Å². The van der Waals surface area contributed by atoms with Crippen LogP contribution in [0.4, 0.5) is 5.95 Å². The lowest BCUT2D eigenvalue weighted by atomic mass is 9.88. The molecule has 0 saturated heterocycles. The molecule has 7 heteroatoms. The van der Waals surface area contributed by atoms with E-state index in [9.17, 15) is 4.79 Å². The van der Waals surface area contributed by atoms with Crippen LogP contribution in [0.1, 0.15) is 36.8 Å². The minimum absolute atomic E-state index is 0.136. The molecule has 0 fully saturated rings. The molecule has 28 heavy (non-hydrogen) atoms. The highest BCUT2D eigenvalue weighted by Crippen LogP contribution is 2.41. The standard InChI is InChI=1S/C21H20N4O3/c1-12-9-10-17(28-12)19-18-15(7-4-8-16(18)26)22-21-23-20(24-25(19)21)13-5-3-6-14(11-13)27-2/h3,5-6,9-11,19H,4,7-8H2,1-2H3,(H,22,23,24). The van der Waals surface area contributed by atoms with Crippen molar-refractivity contribution in [3.05, 3.63) is 59.2 Å². The second-order valence-corrected chi connectivity index (χ2v) is 7.08. The van der Waals surface area contributed by atoms with Gasteiger partial charge in [-0.15, -0.1) is 5.10 Å². The van der Waals surface area contributed by atoms with Crippen LogP contribution in [0.3, 0.4) is 0 Å². The fourth-order valence-corrected chi connectivity index (χ4v) is 3.90. The Kier molecular flexibility index (Phi) is 3.82. The number of allylic oxidation sites excluding steroid dienone is 2. The second kappa shape index (κ2) is 6.37. The number of ether oxygens (including phenoxy) is 1. The number of aryl methyl sites for hydroxylation is 1. The number of anilines is 1. The van der Waals surface area contributed by atoms with Gasteiger partial charge >= 0.3 is 0 Å². The highest BCUT2D eigenvalue weighted by Gasteiger charge is 2.38. The third-order valence-corrected chi connectivity index (χ3v) is 5.23. The number of carbonyl (C=O) groups excluding carboxylic acids is 1. The average Bonchev–Trinajstić information content (AvgIpc) is 3.32. The Bertz CT molecular complexity index is 1110. The Morgan fingerprint density at radius 1 is 1.25 bits per heavy atom. The van der Waals surface area contributed by atoms with E-state index in [0.29, 0.717) is 24.0 Å². The Balaban J connectivity index is 1.66. The van der Waals surface area contributed by atoms with Crippen molar-refractivity contribution in [3.8, 4) is 17.1 Å². The molecule has 2 aromatic heterocycles. The Hall–Kier alpha value is -3.35. The van der Waals surface area contributed by atoms with E-state index >= 15 is 0 Å². The smallest absolute Gasteiger partial charge is 0.227 e. The molecule has 0 radical (unpaired) electrons. The van der Waals surface area contributed by atoms with Gasteiger partial charge in [0.2, 0.25) is 5.95 Å². The van der Waals surface area contributed by atoms with Crippen LogP contribution < -0.4 is 10.1 Å². The molecule has 1 atom stereocenters. The van der Waals surface area contributed by atoms with Crippen LogP contribution in [-0.2, 0) is 4.79 Å². The Morgan fingerprint density at radius 3 is 2.93 bits per heavy atom. The summed E-state index contributed by atoms with van der Waals surface area (Å²) in [5.74, 6) is 3.56. The van der Waals surface area contributed by atoms with Gasteiger partial charge < -0.3 is 14.5 Å². The first-order chi connectivity index (χ1) is 13.6. The number of nitrogens with zero attached hydrogens (tertiary/aromatic N) is 3. The molecule has 7 nitrogen and oxygen atoms in total. The molecule has 0 spiro atoms. The normalized spacial score (nSPS) is 18.5. The van der Waals surface area contributed by atoms with Gasteiger partial charge in [-0.2, -0.15) is 4.98 Å². The molecule has 3 heterocycles. The van der Waals surface area contributed by atoms with Crippen LogP contribution in [0.25, 0.3) is 11.4 Å². The van der Waals surface area contributed by atoms with Crippen molar-refractivity contribution in [1.29, 1.82) is 0 Å². The first-order valence-electron chi connectivity index (χ1n) is 9.34. The number of hydrogen-bond acceptors (Lipinski definition) is 6. The third kappa shape index (κ3) is 2.62. The molecule has 1 aliphatic heterocycles. The van der Waals surface area contributed by atoms with E-state index < -0.39 is 6.04 Å². The summed E-state index contributed by atoms with van der Waals surface area (Å²) >= 11 is 0. The number of carbonyl (C=O) groups is 1. The summed E-state index contributed by atoms with van der Waals surface area (Å²) in [5, 5.41) is 8.06. The molecule has 2 aliphatic rings. The van der Waals surface area contributed by atoms with Crippen molar-refractivity contribution in [1.82, 2.24) is 14.8 Å². The quantitative estimate of drug-likeness (QED) is 0.747. The van der Waals surface area contributed by atoms with Gasteiger partial charge in [0.05, 0.1) is 7.11 Å². The summed E-state index contributed by atoms with van der Waals surface area (Å²) in [4.78, 5) is 17.5. The molecule has 1 N–H and O–H groups in total. The Labute approximate surface area is 162 Å². The molecule has 0 amide bonds. The number of Topliss-reactive ketones (excluding diaryl/α,β-unsaturated/α-hetero) is 1. The number of hydrogen-bond donors (Lipinski definition) is 1. The van der Waals surface area contributed by atoms with E-state index in [1.54, 1.807) is 11.8 Å². The topological polar surface area (TPSA) is 82.2 Å². The summed E-state index contributed by atoms with van der Waals surface area (Å²) in [6.07, 6.45) is 2.20. The zero-order valence-corrected chi connectivity index (χ0v) is 15.7. The summed E-state index contributed by atoms with van der Waals surface area (Å²) in [6, 6.07) is 11.0. The zero-order chi connectivity index (χ0) is 19.3. The number of rotatable bonds is 3. The molecular formula is C21H20N4O3. The van der Waals surface area contributed by atoms with E-state index in [2.05, 4.69) is 5.32 Å². The number of furan rings is 1. The second-order valence-electron chi connectivity index (χ2n) is 7.08. The van der Waals surface area contributed by atoms with Crippen LogP contribution in [0.15, 0.2) is 52.1 Å². The summed E-state index contributed by atoms with van der Waals surface area (Å²) in [7, 11) is 1.63. The minimum atomic E-state index is -0.403. The summed E-state index contributed by atoms with van der Waals surface area (Å²) in [6.45, 7) is 1.90. The van der Waals surface area contributed by atoms with Gasteiger partial charge in [0.25, 0.3) is 0 Å². The van der Waals surface area contributed by atoms with Gasteiger partial charge in [0.1, 0.15) is 23.3 Å². The molecular weight excluding hydrogens is 356 g/mol. The van der Waals surface area contributed by atoms with Crippen molar-refractivity contribution in [2.75, 3.05) is 12.4 Å². The fourth-order valence-electron chi connectivity index (χ4n) is 3.90. The first kappa shape index (κ1) is 16.8. The predicted molar refractivity (Wildman–Crippen MR) is 103 cm³/mol. The maximum absolute atomic E-state index is 12.8. The number of ketones is 1. The van der Waals surface area contributed by atoms with Gasteiger partial charge in [-0.05, 0) is 44.0 Å².